The standard InChI is InChI=1S/C20H22N2O3/c1-4-12-24-19-10-6-5-9-17(19)13-21-22-20(23)14-25-18-11-7-8-15(2)16(18)3/h4-11,13H,1,12,14H2,2-3H3,(H,22,23)/b21-13+. The fraction of sp³-hybridized carbons (Fsp3) is 0.200. The van der Waals surface area contributed by atoms with Crippen molar-refractivity contribution in [3.05, 3.63) is 71.8 Å². The van der Waals surface area contributed by atoms with Gasteiger partial charge < -0.3 is 9.47 Å². The molecule has 2 rings (SSSR count). The molecular formula is C20H22N2O3. The third kappa shape index (κ3) is 5.49. The van der Waals surface area contributed by atoms with Crippen molar-refractivity contribution in [2.45, 2.75) is 13.8 Å². The molecule has 0 saturated carbocycles. The lowest BCUT2D eigenvalue weighted by atomic mass is 10.1. The van der Waals surface area contributed by atoms with Crippen LogP contribution in [0.3, 0.4) is 0 Å². The van der Waals surface area contributed by atoms with Gasteiger partial charge in [-0.15, -0.1) is 0 Å². The van der Waals surface area contributed by atoms with Crippen LogP contribution in [0.25, 0.3) is 0 Å². The first-order chi connectivity index (χ1) is 12.1. The van der Waals surface area contributed by atoms with Gasteiger partial charge in [0.15, 0.2) is 6.61 Å². The predicted octanol–water partition coefficient (Wildman–Crippen LogP) is 3.40. The molecule has 0 bridgehead atoms. The number of ether oxygens (including phenoxy) is 2. The summed E-state index contributed by atoms with van der Waals surface area (Å²) in [6, 6.07) is 13.1. The first kappa shape index (κ1) is 18.3. The lowest BCUT2D eigenvalue weighted by Crippen LogP contribution is -2.24. The highest BCUT2D eigenvalue weighted by atomic mass is 16.5. The fourth-order valence-corrected chi connectivity index (χ4v) is 2.10. The van der Waals surface area contributed by atoms with E-state index in [1.54, 1.807) is 6.08 Å². The average Bonchev–Trinajstić information content (AvgIpc) is 2.62. The summed E-state index contributed by atoms with van der Waals surface area (Å²) in [6.45, 7) is 7.88. The summed E-state index contributed by atoms with van der Waals surface area (Å²) < 4.78 is 11.1. The lowest BCUT2D eigenvalue weighted by Gasteiger charge is -2.10. The minimum atomic E-state index is -0.332. The first-order valence-electron chi connectivity index (χ1n) is 7.95. The van der Waals surface area contributed by atoms with E-state index in [2.05, 4.69) is 17.1 Å². The Morgan fingerprint density at radius 2 is 1.88 bits per heavy atom. The maximum absolute atomic E-state index is 11.9. The van der Waals surface area contributed by atoms with Gasteiger partial charge in [-0.2, -0.15) is 5.10 Å². The van der Waals surface area contributed by atoms with Crippen LogP contribution in [0.5, 0.6) is 11.5 Å². The number of rotatable bonds is 8. The van der Waals surface area contributed by atoms with E-state index >= 15 is 0 Å². The van der Waals surface area contributed by atoms with E-state index in [0.717, 1.165) is 16.7 Å². The van der Waals surface area contributed by atoms with Gasteiger partial charge in [-0.1, -0.05) is 36.9 Å². The van der Waals surface area contributed by atoms with E-state index in [1.807, 2.05) is 56.3 Å². The molecule has 130 valence electrons. The van der Waals surface area contributed by atoms with Gasteiger partial charge in [0.1, 0.15) is 18.1 Å². The number of hydrogen-bond donors (Lipinski definition) is 1. The Kier molecular flexibility index (Phi) is 6.77. The average molecular weight is 338 g/mol. The van der Waals surface area contributed by atoms with E-state index in [0.29, 0.717) is 18.1 Å². The number of para-hydroxylation sites is 1. The van der Waals surface area contributed by atoms with Gasteiger partial charge >= 0.3 is 0 Å². The molecule has 0 saturated heterocycles. The Labute approximate surface area is 148 Å². The number of hydrazone groups is 1. The number of nitrogens with one attached hydrogen (secondary N) is 1. The summed E-state index contributed by atoms with van der Waals surface area (Å²) in [5, 5.41) is 3.95. The Morgan fingerprint density at radius 3 is 2.68 bits per heavy atom. The highest BCUT2D eigenvalue weighted by molar-refractivity contribution is 5.85. The maximum Gasteiger partial charge on any atom is 0.277 e. The van der Waals surface area contributed by atoms with Gasteiger partial charge in [-0.05, 0) is 43.2 Å². The summed E-state index contributed by atoms with van der Waals surface area (Å²) in [5.41, 5.74) is 5.35. The SMILES string of the molecule is C=CCOc1ccccc1/C=N/NC(=O)COc1cccc(C)c1C. The molecule has 2 aromatic rings. The zero-order chi connectivity index (χ0) is 18.1. The Hall–Kier alpha value is -3.08. The second kappa shape index (κ2) is 9.27. The second-order valence-electron chi connectivity index (χ2n) is 5.42. The Balaban J connectivity index is 1.88. The van der Waals surface area contributed by atoms with Crippen LogP contribution < -0.4 is 14.9 Å². The van der Waals surface area contributed by atoms with E-state index in [-0.39, 0.29) is 12.5 Å². The first-order valence-corrected chi connectivity index (χ1v) is 7.95. The molecule has 1 N–H and O–H groups in total. The van der Waals surface area contributed by atoms with E-state index in [4.69, 9.17) is 9.47 Å². The van der Waals surface area contributed by atoms with Crippen LogP contribution in [0, 0.1) is 13.8 Å². The van der Waals surface area contributed by atoms with Crippen LogP contribution in [0.15, 0.2) is 60.2 Å². The molecule has 0 radical (unpaired) electrons. The van der Waals surface area contributed by atoms with Crippen molar-refractivity contribution in [2.75, 3.05) is 13.2 Å². The van der Waals surface area contributed by atoms with Gasteiger partial charge in [0.05, 0.1) is 6.21 Å². The van der Waals surface area contributed by atoms with E-state index in [9.17, 15) is 4.79 Å². The second-order valence-corrected chi connectivity index (χ2v) is 5.42. The molecule has 0 aliphatic heterocycles. The van der Waals surface area contributed by atoms with Crippen molar-refractivity contribution < 1.29 is 14.3 Å². The zero-order valence-corrected chi connectivity index (χ0v) is 14.5. The van der Waals surface area contributed by atoms with Crippen molar-refractivity contribution in [3.8, 4) is 11.5 Å². The predicted molar refractivity (Wildman–Crippen MR) is 99.3 cm³/mol. The number of carbonyl (C=O) groups is 1. The minimum Gasteiger partial charge on any atom is -0.489 e. The largest absolute Gasteiger partial charge is 0.489 e. The molecule has 0 atom stereocenters. The van der Waals surface area contributed by atoms with Gasteiger partial charge in [-0.3, -0.25) is 4.79 Å². The number of hydrogen-bond acceptors (Lipinski definition) is 4. The molecule has 0 fully saturated rings. The molecule has 0 heterocycles. The number of nitrogens with zero attached hydrogens (tertiary/aromatic N) is 1. The van der Waals surface area contributed by atoms with Crippen molar-refractivity contribution in [2.24, 2.45) is 5.10 Å². The van der Waals surface area contributed by atoms with Crippen LogP contribution in [0.1, 0.15) is 16.7 Å². The monoisotopic (exact) mass is 338 g/mol. The number of aryl methyl sites for hydroxylation is 1. The van der Waals surface area contributed by atoms with Crippen molar-refractivity contribution in [3.63, 3.8) is 0 Å². The van der Waals surface area contributed by atoms with Gasteiger partial charge in [0, 0.05) is 5.56 Å². The molecule has 0 aliphatic rings. The van der Waals surface area contributed by atoms with Crippen LogP contribution in [-0.2, 0) is 4.79 Å². The third-order valence-corrected chi connectivity index (χ3v) is 3.58. The van der Waals surface area contributed by atoms with Gasteiger partial charge in [-0.25, -0.2) is 5.43 Å². The van der Waals surface area contributed by atoms with Crippen molar-refractivity contribution >= 4 is 12.1 Å². The fourth-order valence-electron chi connectivity index (χ4n) is 2.10. The zero-order valence-electron chi connectivity index (χ0n) is 14.5. The van der Waals surface area contributed by atoms with Gasteiger partial charge in [0.2, 0.25) is 0 Å². The van der Waals surface area contributed by atoms with Crippen molar-refractivity contribution in [1.82, 2.24) is 5.43 Å². The number of amides is 1. The summed E-state index contributed by atoms with van der Waals surface area (Å²) in [5.74, 6) is 1.04. The van der Waals surface area contributed by atoms with E-state index < -0.39 is 0 Å². The molecule has 2 aromatic carbocycles. The molecule has 5 heteroatoms. The summed E-state index contributed by atoms with van der Waals surface area (Å²) in [4.78, 5) is 11.9. The number of benzene rings is 2. The summed E-state index contributed by atoms with van der Waals surface area (Å²) >= 11 is 0. The molecule has 0 aliphatic carbocycles. The van der Waals surface area contributed by atoms with E-state index in [1.165, 1.54) is 6.21 Å². The molecule has 1 amide bonds. The quantitative estimate of drug-likeness (QED) is 0.456. The molecule has 25 heavy (non-hydrogen) atoms. The van der Waals surface area contributed by atoms with Crippen LogP contribution in [-0.4, -0.2) is 25.3 Å². The summed E-state index contributed by atoms with van der Waals surface area (Å²) in [7, 11) is 0. The topological polar surface area (TPSA) is 59.9 Å². The molecule has 0 aromatic heterocycles. The van der Waals surface area contributed by atoms with Crippen LogP contribution in [0.4, 0.5) is 0 Å². The lowest BCUT2D eigenvalue weighted by molar-refractivity contribution is -0.123. The third-order valence-electron chi connectivity index (χ3n) is 3.58. The smallest absolute Gasteiger partial charge is 0.277 e. The highest BCUT2D eigenvalue weighted by Gasteiger charge is 2.05. The van der Waals surface area contributed by atoms with Crippen molar-refractivity contribution in [1.29, 1.82) is 0 Å². The molecule has 5 nitrogen and oxygen atoms in total. The van der Waals surface area contributed by atoms with Crippen LogP contribution in [0.2, 0.25) is 0 Å². The highest BCUT2D eigenvalue weighted by Crippen LogP contribution is 2.20. The molecular weight excluding hydrogens is 316 g/mol. The molecule has 0 spiro atoms. The maximum atomic E-state index is 11.9. The normalized spacial score (nSPS) is 10.5. The Bertz CT molecular complexity index is 769. The van der Waals surface area contributed by atoms with Gasteiger partial charge in [0.25, 0.3) is 5.91 Å². The molecule has 0 unspecified atom stereocenters. The summed E-state index contributed by atoms with van der Waals surface area (Å²) in [6.07, 6.45) is 3.20. The minimum absolute atomic E-state index is 0.101. The number of carbonyl (C=O) groups excluding carboxylic acids is 1. The Morgan fingerprint density at radius 1 is 1.12 bits per heavy atom. The van der Waals surface area contributed by atoms with Crippen LogP contribution >= 0.6 is 0 Å².